The Kier molecular flexibility index (Phi) is 7.91. The van der Waals surface area contributed by atoms with Crippen molar-refractivity contribution in [3.8, 4) is 11.5 Å². The minimum Gasteiger partial charge on any atom is -0.507 e. The van der Waals surface area contributed by atoms with Gasteiger partial charge in [0.1, 0.15) is 29.4 Å². The molecular weight excluding hydrogens is 396 g/mol. The van der Waals surface area contributed by atoms with Crippen molar-refractivity contribution in [2.24, 2.45) is 5.16 Å². The zero-order valence-corrected chi connectivity index (χ0v) is 19.1. The first-order valence-corrected chi connectivity index (χ1v) is 10.3. The number of carbonyl (C=O) groups excluding carboxylic acids is 1. The minimum absolute atomic E-state index is 0.0122. The van der Waals surface area contributed by atoms with Crippen molar-refractivity contribution >= 4 is 17.4 Å². The second kappa shape index (κ2) is 10.2. The van der Waals surface area contributed by atoms with Crippen LogP contribution in [0.2, 0.25) is 0 Å². The summed E-state index contributed by atoms with van der Waals surface area (Å²) in [5.74, 6) is -0.544. The number of phenolic OH excluding ortho intramolecular Hbond substituents is 1. The molecule has 0 aliphatic carbocycles. The number of aromatic hydroxyl groups is 1. The van der Waals surface area contributed by atoms with Crippen LogP contribution in [0, 0.1) is 0 Å². The van der Waals surface area contributed by atoms with Crippen molar-refractivity contribution in [1.29, 1.82) is 0 Å². The quantitative estimate of drug-likeness (QED) is 0.277. The summed E-state index contributed by atoms with van der Waals surface area (Å²) in [5, 5.41) is 23.1. The maximum atomic E-state index is 11.6. The van der Waals surface area contributed by atoms with Crippen molar-refractivity contribution in [2.45, 2.75) is 40.0 Å². The van der Waals surface area contributed by atoms with Gasteiger partial charge < -0.3 is 24.7 Å². The number of nitrogens with zero attached hydrogens (tertiary/aromatic N) is 2. The fourth-order valence-electron chi connectivity index (χ4n) is 3.36. The largest absolute Gasteiger partial charge is 0.507 e. The van der Waals surface area contributed by atoms with Crippen LogP contribution in [0.25, 0.3) is 0 Å². The number of hydrogen-bond donors (Lipinski definition) is 2. The number of carbonyl (C=O) groups is 1. The Balaban J connectivity index is 2.29. The van der Waals surface area contributed by atoms with Crippen molar-refractivity contribution in [3.05, 3.63) is 53.1 Å². The number of methoxy groups -OCH3 is 1. The third-order valence-electron chi connectivity index (χ3n) is 5.11. The summed E-state index contributed by atoms with van der Waals surface area (Å²) in [7, 11) is 1.24. The molecule has 2 aromatic rings. The molecule has 0 aliphatic heterocycles. The maximum absolute atomic E-state index is 11.6. The highest BCUT2D eigenvalue weighted by molar-refractivity contribution is 6.02. The normalized spacial score (nSPS) is 11.9. The molecule has 0 spiro atoms. The minimum atomic E-state index is -0.635. The average Bonchev–Trinajstić information content (AvgIpc) is 2.74. The smallest absolute Gasteiger partial charge is 0.341 e. The van der Waals surface area contributed by atoms with Crippen LogP contribution in [0.1, 0.15) is 56.1 Å². The second-order valence-corrected chi connectivity index (χ2v) is 8.16. The van der Waals surface area contributed by atoms with Gasteiger partial charge >= 0.3 is 5.97 Å². The Bertz CT molecular complexity index is 943. The van der Waals surface area contributed by atoms with Gasteiger partial charge in [0.2, 0.25) is 0 Å². The molecule has 0 radical (unpaired) electrons. The van der Waals surface area contributed by atoms with Crippen molar-refractivity contribution in [1.82, 2.24) is 0 Å². The molecule has 31 heavy (non-hydrogen) atoms. The van der Waals surface area contributed by atoms with Crippen LogP contribution in [-0.2, 0) is 10.2 Å². The van der Waals surface area contributed by atoms with E-state index in [1.54, 1.807) is 6.07 Å². The van der Waals surface area contributed by atoms with Crippen molar-refractivity contribution in [2.75, 3.05) is 31.7 Å². The second-order valence-electron chi connectivity index (χ2n) is 8.16. The number of anilines is 1. The number of esters is 1. The van der Waals surface area contributed by atoms with Gasteiger partial charge in [-0.2, -0.15) is 0 Å². The van der Waals surface area contributed by atoms with Gasteiger partial charge in [-0.3, -0.25) is 0 Å². The van der Waals surface area contributed by atoms with E-state index in [4.69, 9.17) is 4.74 Å². The number of hydrogen-bond acceptors (Lipinski definition) is 7. The topological polar surface area (TPSA) is 91.6 Å². The summed E-state index contributed by atoms with van der Waals surface area (Å²) in [6.45, 7) is 12.5. The Labute approximate surface area is 183 Å². The van der Waals surface area contributed by atoms with Crippen molar-refractivity contribution in [3.63, 3.8) is 0 Å². The Morgan fingerprint density at radius 1 is 1.10 bits per heavy atom. The molecular formula is C24H32N2O5. The molecule has 0 atom stereocenters. The van der Waals surface area contributed by atoms with Gasteiger partial charge in [-0.25, -0.2) is 4.79 Å². The molecule has 0 fully saturated rings. The molecule has 2 N–H and O–H groups in total. The van der Waals surface area contributed by atoms with Gasteiger partial charge in [0.25, 0.3) is 0 Å². The third kappa shape index (κ3) is 5.69. The van der Waals surface area contributed by atoms with E-state index in [0.717, 1.165) is 29.9 Å². The van der Waals surface area contributed by atoms with Gasteiger partial charge in [0.05, 0.1) is 7.11 Å². The van der Waals surface area contributed by atoms with Gasteiger partial charge in [0.15, 0.2) is 0 Å². The van der Waals surface area contributed by atoms with Crippen molar-refractivity contribution < 1.29 is 24.6 Å². The highest BCUT2D eigenvalue weighted by Gasteiger charge is 2.22. The van der Waals surface area contributed by atoms with E-state index in [1.807, 2.05) is 18.2 Å². The van der Waals surface area contributed by atoms with E-state index in [2.05, 4.69) is 49.4 Å². The zero-order valence-electron chi connectivity index (χ0n) is 19.1. The van der Waals surface area contributed by atoms with Gasteiger partial charge in [-0.05, 0) is 49.1 Å². The van der Waals surface area contributed by atoms with E-state index in [0.29, 0.717) is 11.5 Å². The van der Waals surface area contributed by atoms with Gasteiger partial charge in [-0.1, -0.05) is 32.0 Å². The highest BCUT2D eigenvalue weighted by atomic mass is 16.5. The molecule has 0 aliphatic rings. The Morgan fingerprint density at radius 3 is 2.29 bits per heavy atom. The zero-order chi connectivity index (χ0) is 23.2. The average molecular weight is 429 g/mol. The van der Waals surface area contributed by atoms with E-state index >= 15 is 0 Å². The fourth-order valence-corrected chi connectivity index (χ4v) is 3.36. The van der Waals surface area contributed by atoms with Gasteiger partial charge in [0, 0.05) is 30.4 Å². The molecule has 0 saturated heterocycles. The fraction of sp³-hybridized carbons (Fsp3) is 0.417. The van der Waals surface area contributed by atoms with Crippen LogP contribution in [0.4, 0.5) is 5.69 Å². The van der Waals surface area contributed by atoms with Crippen LogP contribution < -0.4 is 9.64 Å². The maximum Gasteiger partial charge on any atom is 0.341 e. The highest BCUT2D eigenvalue weighted by Crippen LogP contribution is 2.33. The first kappa shape index (κ1) is 24.1. The molecule has 0 saturated carbocycles. The predicted molar refractivity (Wildman–Crippen MR) is 122 cm³/mol. The van der Waals surface area contributed by atoms with E-state index in [1.165, 1.54) is 19.2 Å². The molecule has 2 aromatic carbocycles. The summed E-state index contributed by atoms with van der Waals surface area (Å²) in [4.78, 5) is 13.9. The van der Waals surface area contributed by atoms with E-state index < -0.39 is 5.97 Å². The Morgan fingerprint density at radius 2 is 1.77 bits per heavy atom. The molecule has 0 heterocycles. The molecule has 0 aromatic heterocycles. The number of oxime groups is 1. The molecule has 0 bridgehead atoms. The first-order valence-electron chi connectivity index (χ1n) is 10.3. The SMILES string of the molecule is CCN(CC)c1ccc(/C(COc2ccc(C(=O)OC)c(O)c2)=N/O)cc1C(C)(C)C. The lowest BCUT2D eigenvalue weighted by molar-refractivity contribution is 0.0597. The van der Waals surface area contributed by atoms with E-state index in [9.17, 15) is 15.1 Å². The molecule has 0 amide bonds. The first-order chi connectivity index (χ1) is 14.7. The lowest BCUT2D eigenvalue weighted by Gasteiger charge is -2.30. The number of benzene rings is 2. The van der Waals surface area contributed by atoms with Crippen LogP contribution >= 0.6 is 0 Å². The predicted octanol–water partition coefficient (Wildman–Crippen LogP) is 4.58. The Hall–Kier alpha value is -3.22. The molecule has 7 heteroatoms. The van der Waals surface area contributed by atoms with Crippen LogP contribution in [0.5, 0.6) is 11.5 Å². The third-order valence-corrected chi connectivity index (χ3v) is 5.11. The molecule has 168 valence electrons. The van der Waals surface area contributed by atoms with Crippen LogP contribution in [0.15, 0.2) is 41.6 Å². The monoisotopic (exact) mass is 428 g/mol. The summed E-state index contributed by atoms with van der Waals surface area (Å²) < 4.78 is 10.3. The summed E-state index contributed by atoms with van der Waals surface area (Å²) in [6, 6.07) is 10.3. The van der Waals surface area contributed by atoms with Crippen LogP contribution in [-0.4, -0.2) is 48.8 Å². The lowest BCUT2D eigenvalue weighted by Crippen LogP contribution is -2.27. The number of rotatable bonds is 8. The number of phenols is 1. The summed E-state index contributed by atoms with van der Waals surface area (Å²) in [5.41, 5.74) is 3.35. The molecule has 0 unspecified atom stereocenters. The lowest BCUT2D eigenvalue weighted by atomic mass is 9.84. The summed E-state index contributed by atoms with van der Waals surface area (Å²) >= 11 is 0. The summed E-state index contributed by atoms with van der Waals surface area (Å²) in [6.07, 6.45) is 0. The molecule has 7 nitrogen and oxygen atoms in total. The number of ether oxygens (including phenoxy) is 2. The van der Waals surface area contributed by atoms with E-state index in [-0.39, 0.29) is 23.3 Å². The standard InChI is InChI=1S/C24H32N2O5/c1-7-26(8-2)21-12-9-16(13-19(21)24(3,4)5)20(25-29)15-31-17-10-11-18(22(27)14-17)23(28)30-6/h9-14,27,29H,7-8,15H2,1-6H3/b25-20+. The van der Waals surface area contributed by atoms with Gasteiger partial charge in [-0.15, -0.1) is 0 Å². The molecule has 2 rings (SSSR count). The van der Waals surface area contributed by atoms with Crippen LogP contribution in [0.3, 0.4) is 0 Å².